The molecular weight excluding hydrogens is 437 g/mol. The Labute approximate surface area is 191 Å². The van der Waals surface area contributed by atoms with Crippen LogP contribution >= 0.6 is 23.2 Å². The maximum Gasteiger partial charge on any atom is 0.337 e. The third-order valence-corrected chi connectivity index (χ3v) is 5.78. The summed E-state index contributed by atoms with van der Waals surface area (Å²) in [5, 5.41) is 8.43. The predicted octanol–water partition coefficient (Wildman–Crippen LogP) is 4.48. The van der Waals surface area contributed by atoms with Gasteiger partial charge in [0.15, 0.2) is 0 Å². The highest BCUT2D eigenvalue weighted by molar-refractivity contribution is 6.42. The van der Waals surface area contributed by atoms with Crippen molar-refractivity contribution < 1.29 is 14.3 Å². The number of nitrogens with zero attached hydrogens (tertiary/aromatic N) is 2. The number of aromatic nitrogens is 2. The van der Waals surface area contributed by atoms with Gasteiger partial charge in [-0.05, 0) is 56.2 Å². The fourth-order valence-electron chi connectivity index (χ4n) is 3.29. The van der Waals surface area contributed by atoms with Gasteiger partial charge in [0, 0.05) is 17.8 Å². The molecule has 3 aromatic rings. The number of aryl methyl sites for hydroxylation is 1. The quantitative estimate of drug-likeness (QED) is 0.528. The first-order valence-corrected chi connectivity index (χ1v) is 10.5. The summed E-state index contributed by atoms with van der Waals surface area (Å²) in [6.45, 7) is 4.30. The lowest BCUT2D eigenvalue weighted by Crippen LogP contribution is -2.27. The Morgan fingerprint density at radius 3 is 2.42 bits per heavy atom. The van der Waals surface area contributed by atoms with Crippen molar-refractivity contribution in [2.24, 2.45) is 0 Å². The van der Waals surface area contributed by atoms with Crippen molar-refractivity contribution in [3.05, 3.63) is 80.6 Å². The maximum absolute atomic E-state index is 12.5. The minimum absolute atomic E-state index is 0.0777. The van der Waals surface area contributed by atoms with Gasteiger partial charge in [0.05, 0.1) is 40.5 Å². The topological polar surface area (TPSA) is 73.2 Å². The summed E-state index contributed by atoms with van der Waals surface area (Å²) in [5.74, 6) is -0.446. The zero-order valence-electron chi connectivity index (χ0n) is 17.5. The van der Waals surface area contributed by atoms with Gasteiger partial charge in [0.2, 0.25) is 5.91 Å². The predicted molar refractivity (Wildman–Crippen MR) is 121 cm³/mol. The Balaban J connectivity index is 1.60. The second-order valence-corrected chi connectivity index (χ2v) is 7.94. The number of rotatable bonds is 7. The molecule has 0 aliphatic rings. The molecule has 0 fully saturated rings. The van der Waals surface area contributed by atoms with Gasteiger partial charge in [-0.1, -0.05) is 35.3 Å². The molecule has 0 unspecified atom stereocenters. The molecule has 0 saturated heterocycles. The number of nitrogens with one attached hydrogen (secondary N) is 1. The summed E-state index contributed by atoms with van der Waals surface area (Å²) in [7, 11) is 1.35. The minimum atomic E-state index is -0.369. The number of benzene rings is 2. The first-order valence-electron chi connectivity index (χ1n) is 9.74. The van der Waals surface area contributed by atoms with Crippen molar-refractivity contribution in [1.82, 2.24) is 15.1 Å². The van der Waals surface area contributed by atoms with E-state index in [4.69, 9.17) is 27.9 Å². The number of hydrogen-bond donors (Lipinski definition) is 1. The summed E-state index contributed by atoms with van der Waals surface area (Å²) in [6.07, 6.45) is 0.897. The van der Waals surface area contributed by atoms with E-state index < -0.39 is 0 Å². The maximum atomic E-state index is 12.5. The van der Waals surface area contributed by atoms with Crippen LogP contribution < -0.4 is 5.32 Å². The van der Waals surface area contributed by atoms with Crippen molar-refractivity contribution >= 4 is 35.1 Å². The van der Waals surface area contributed by atoms with Gasteiger partial charge in [-0.2, -0.15) is 5.10 Å². The number of methoxy groups -OCH3 is 1. The van der Waals surface area contributed by atoms with E-state index in [-0.39, 0.29) is 18.3 Å². The van der Waals surface area contributed by atoms with Crippen LogP contribution in [0.4, 0.5) is 0 Å². The van der Waals surface area contributed by atoms with E-state index in [9.17, 15) is 9.59 Å². The summed E-state index contributed by atoms with van der Waals surface area (Å²) in [5.41, 5.74) is 4.86. The van der Waals surface area contributed by atoms with E-state index >= 15 is 0 Å². The molecule has 1 N–H and O–H groups in total. The lowest BCUT2D eigenvalue weighted by Gasteiger charge is -2.08. The molecular formula is C23H23Cl2N3O3. The molecule has 0 spiro atoms. The molecule has 0 saturated carbocycles. The molecule has 0 aliphatic carbocycles. The molecule has 0 bridgehead atoms. The summed E-state index contributed by atoms with van der Waals surface area (Å²) < 4.78 is 6.46. The molecule has 31 heavy (non-hydrogen) atoms. The number of amides is 1. The van der Waals surface area contributed by atoms with Crippen LogP contribution in [0.5, 0.6) is 0 Å². The van der Waals surface area contributed by atoms with Gasteiger partial charge < -0.3 is 10.1 Å². The zero-order chi connectivity index (χ0) is 22.5. The third kappa shape index (κ3) is 5.46. The smallest absolute Gasteiger partial charge is 0.337 e. The average Bonchev–Trinajstić information content (AvgIpc) is 3.04. The fraction of sp³-hybridized carbons (Fsp3) is 0.261. The van der Waals surface area contributed by atoms with E-state index in [0.717, 1.165) is 28.2 Å². The molecule has 0 atom stereocenters. The number of ether oxygens (including phenoxy) is 1. The first kappa shape index (κ1) is 22.8. The standard InChI is InChI=1S/C23H23Cl2N3O3/c1-14-19(15(2)28(27-14)18-8-9-20(24)21(25)12-18)13-22(29)26-11-10-16-4-6-17(7-5-16)23(30)31-3/h4-9,12H,10-11,13H2,1-3H3,(H,26,29). The lowest BCUT2D eigenvalue weighted by molar-refractivity contribution is -0.120. The molecule has 0 aliphatic heterocycles. The summed E-state index contributed by atoms with van der Waals surface area (Å²) in [6, 6.07) is 12.4. The van der Waals surface area contributed by atoms with Gasteiger partial charge in [0.25, 0.3) is 0 Å². The third-order valence-electron chi connectivity index (χ3n) is 5.04. The Kier molecular flexibility index (Phi) is 7.36. The summed E-state index contributed by atoms with van der Waals surface area (Å²) >= 11 is 12.1. The Hall–Kier alpha value is -2.83. The van der Waals surface area contributed by atoms with Gasteiger partial charge in [-0.25, -0.2) is 9.48 Å². The molecule has 162 valence electrons. The second kappa shape index (κ2) is 9.98. The van der Waals surface area contributed by atoms with Crippen LogP contribution in [-0.2, 0) is 22.4 Å². The van der Waals surface area contributed by atoms with Crippen molar-refractivity contribution in [2.45, 2.75) is 26.7 Å². The number of esters is 1. The molecule has 1 heterocycles. The van der Waals surface area contributed by atoms with E-state index in [0.29, 0.717) is 28.6 Å². The molecule has 8 heteroatoms. The Bertz CT molecular complexity index is 1110. The molecule has 2 aromatic carbocycles. The van der Waals surface area contributed by atoms with Gasteiger partial charge in [-0.3, -0.25) is 4.79 Å². The van der Waals surface area contributed by atoms with Crippen LogP contribution in [0.15, 0.2) is 42.5 Å². The second-order valence-electron chi connectivity index (χ2n) is 7.12. The SMILES string of the molecule is COC(=O)c1ccc(CCNC(=O)Cc2c(C)nn(-c3ccc(Cl)c(Cl)c3)c2C)cc1. The number of halogens is 2. The number of carbonyl (C=O) groups excluding carboxylic acids is 2. The largest absolute Gasteiger partial charge is 0.465 e. The van der Waals surface area contributed by atoms with E-state index in [2.05, 4.69) is 10.4 Å². The average molecular weight is 460 g/mol. The van der Waals surface area contributed by atoms with E-state index in [1.54, 1.807) is 28.9 Å². The molecule has 0 radical (unpaired) electrons. The lowest BCUT2D eigenvalue weighted by atomic mass is 10.1. The molecule has 3 rings (SSSR count). The highest BCUT2D eigenvalue weighted by Gasteiger charge is 2.16. The normalized spacial score (nSPS) is 10.7. The summed E-state index contributed by atoms with van der Waals surface area (Å²) in [4.78, 5) is 24.0. The van der Waals surface area contributed by atoms with Gasteiger partial charge in [0.1, 0.15) is 0 Å². The van der Waals surface area contributed by atoms with Gasteiger partial charge in [-0.15, -0.1) is 0 Å². The van der Waals surface area contributed by atoms with Crippen LogP contribution in [0.3, 0.4) is 0 Å². The zero-order valence-corrected chi connectivity index (χ0v) is 19.0. The van der Waals surface area contributed by atoms with Crippen LogP contribution in [0.25, 0.3) is 5.69 Å². The molecule has 6 nitrogen and oxygen atoms in total. The Morgan fingerprint density at radius 1 is 1.06 bits per heavy atom. The monoisotopic (exact) mass is 459 g/mol. The fourth-order valence-corrected chi connectivity index (χ4v) is 3.59. The van der Waals surface area contributed by atoms with Crippen molar-refractivity contribution in [3.63, 3.8) is 0 Å². The van der Waals surface area contributed by atoms with Crippen LogP contribution in [0.2, 0.25) is 10.0 Å². The van der Waals surface area contributed by atoms with Gasteiger partial charge >= 0.3 is 5.97 Å². The van der Waals surface area contributed by atoms with Crippen LogP contribution in [0, 0.1) is 13.8 Å². The number of carbonyl (C=O) groups is 2. The molecule has 1 aromatic heterocycles. The van der Waals surface area contributed by atoms with Crippen molar-refractivity contribution in [2.75, 3.05) is 13.7 Å². The van der Waals surface area contributed by atoms with Crippen LogP contribution in [-0.4, -0.2) is 35.3 Å². The Morgan fingerprint density at radius 2 is 1.77 bits per heavy atom. The van der Waals surface area contributed by atoms with Crippen molar-refractivity contribution in [1.29, 1.82) is 0 Å². The van der Waals surface area contributed by atoms with E-state index in [1.807, 2.05) is 32.0 Å². The van der Waals surface area contributed by atoms with E-state index in [1.165, 1.54) is 7.11 Å². The van der Waals surface area contributed by atoms with Crippen molar-refractivity contribution in [3.8, 4) is 5.69 Å². The minimum Gasteiger partial charge on any atom is -0.465 e. The highest BCUT2D eigenvalue weighted by atomic mass is 35.5. The molecule has 1 amide bonds. The highest BCUT2D eigenvalue weighted by Crippen LogP contribution is 2.26. The van der Waals surface area contributed by atoms with Crippen LogP contribution in [0.1, 0.15) is 32.9 Å². The first-order chi connectivity index (χ1) is 14.8. The number of hydrogen-bond acceptors (Lipinski definition) is 4.